The van der Waals surface area contributed by atoms with Crippen LogP contribution in [0, 0.1) is 5.92 Å². The Morgan fingerprint density at radius 2 is 1.96 bits per heavy atom. The van der Waals surface area contributed by atoms with Gasteiger partial charge in [-0.3, -0.25) is 9.69 Å². The number of thiophene rings is 1. The number of likely N-dealkylation sites (tertiary alicyclic amines) is 1. The van der Waals surface area contributed by atoms with Gasteiger partial charge >= 0.3 is 0 Å². The van der Waals surface area contributed by atoms with Crippen LogP contribution in [0.1, 0.15) is 23.3 Å². The van der Waals surface area contributed by atoms with Crippen molar-refractivity contribution in [3.8, 4) is 0 Å². The second kappa shape index (κ2) is 10.6. The smallest absolute Gasteiger partial charge is 0.234 e. The van der Waals surface area contributed by atoms with Crippen LogP contribution in [0.5, 0.6) is 0 Å². The molecule has 1 aromatic heterocycles. The molecule has 4 nitrogen and oxygen atoms in total. The first-order chi connectivity index (χ1) is 13.2. The molecule has 1 saturated heterocycles. The molecular weight excluding hydrogens is 354 g/mol. The lowest BCUT2D eigenvalue weighted by atomic mass is 9.96. The molecule has 0 radical (unpaired) electrons. The van der Waals surface area contributed by atoms with Gasteiger partial charge in [-0.25, -0.2) is 0 Å². The van der Waals surface area contributed by atoms with Gasteiger partial charge in [-0.1, -0.05) is 36.4 Å². The normalized spacial score (nSPS) is 15.9. The molecule has 146 valence electrons. The number of benzene rings is 1. The second-order valence-corrected chi connectivity index (χ2v) is 8.61. The lowest BCUT2D eigenvalue weighted by molar-refractivity contribution is -0.122. The molecule has 0 bridgehead atoms. The van der Waals surface area contributed by atoms with Crippen molar-refractivity contribution < 1.29 is 4.79 Å². The zero-order valence-corrected chi connectivity index (χ0v) is 17.1. The average Bonchev–Trinajstić information content (AvgIpc) is 3.17. The number of piperidine rings is 1. The SMILES string of the molecule is CN(Cc1ccccc1)CC1CCN(CC(=O)NCCc2cccs2)CC1. The minimum absolute atomic E-state index is 0.159. The van der Waals surface area contributed by atoms with E-state index < -0.39 is 0 Å². The summed E-state index contributed by atoms with van der Waals surface area (Å²) in [6.45, 7) is 5.48. The van der Waals surface area contributed by atoms with Crippen LogP contribution in [0.25, 0.3) is 0 Å². The molecule has 3 rings (SSSR count). The van der Waals surface area contributed by atoms with Gasteiger partial charge in [0, 0.05) is 24.5 Å². The summed E-state index contributed by atoms with van der Waals surface area (Å²) < 4.78 is 0. The standard InChI is InChI=1S/C22H31N3OS/c1-24(16-19-6-3-2-4-7-19)17-20-10-13-25(14-11-20)18-22(26)23-12-9-21-8-5-15-27-21/h2-8,15,20H,9-14,16-18H2,1H3,(H,23,26). The predicted molar refractivity (Wildman–Crippen MR) is 113 cm³/mol. The van der Waals surface area contributed by atoms with Gasteiger partial charge in [-0.15, -0.1) is 11.3 Å². The minimum Gasteiger partial charge on any atom is -0.355 e. The summed E-state index contributed by atoms with van der Waals surface area (Å²) in [6.07, 6.45) is 3.29. The van der Waals surface area contributed by atoms with Crippen molar-refractivity contribution in [2.75, 3.05) is 39.8 Å². The van der Waals surface area contributed by atoms with Crippen molar-refractivity contribution >= 4 is 17.2 Å². The van der Waals surface area contributed by atoms with Gasteiger partial charge in [-0.05, 0) is 62.3 Å². The van der Waals surface area contributed by atoms with Crippen molar-refractivity contribution in [1.29, 1.82) is 0 Å². The summed E-state index contributed by atoms with van der Waals surface area (Å²) in [7, 11) is 2.21. The average molecular weight is 386 g/mol. The highest BCUT2D eigenvalue weighted by atomic mass is 32.1. The fourth-order valence-corrected chi connectivity index (χ4v) is 4.48. The Balaban J connectivity index is 1.29. The molecule has 0 atom stereocenters. The number of carbonyl (C=O) groups excluding carboxylic acids is 1. The third kappa shape index (κ3) is 7.09. The van der Waals surface area contributed by atoms with Gasteiger partial charge in [-0.2, -0.15) is 0 Å². The van der Waals surface area contributed by atoms with E-state index in [9.17, 15) is 4.79 Å². The maximum absolute atomic E-state index is 12.1. The highest BCUT2D eigenvalue weighted by Crippen LogP contribution is 2.18. The van der Waals surface area contributed by atoms with Gasteiger partial charge in [0.25, 0.3) is 0 Å². The quantitative estimate of drug-likeness (QED) is 0.720. The Hall–Kier alpha value is -1.69. The summed E-state index contributed by atoms with van der Waals surface area (Å²) in [4.78, 5) is 18.2. The maximum Gasteiger partial charge on any atom is 0.234 e. The van der Waals surface area contributed by atoms with Crippen LogP contribution in [0.15, 0.2) is 47.8 Å². The van der Waals surface area contributed by atoms with Gasteiger partial charge in [0.1, 0.15) is 0 Å². The van der Waals surface area contributed by atoms with E-state index in [2.05, 4.69) is 70.0 Å². The molecule has 0 aliphatic carbocycles. The Kier molecular flexibility index (Phi) is 7.87. The zero-order valence-electron chi connectivity index (χ0n) is 16.3. The first-order valence-corrected chi connectivity index (χ1v) is 10.8. The number of rotatable bonds is 9. The van der Waals surface area contributed by atoms with E-state index in [1.165, 1.54) is 23.3 Å². The second-order valence-electron chi connectivity index (χ2n) is 7.58. The van der Waals surface area contributed by atoms with Crippen molar-refractivity contribution in [1.82, 2.24) is 15.1 Å². The largest absolute Gasteiger partial charge is 0.355 e. The Labute approximate surface area is 167 Å². The van der Waals surface area contributed by atoms with Crippen molar-refractivity contribution in [2.45, 2.75) is 25.8 Å². The molecule has 1 aromatic carbocycles. The lowest BCUT2D eigenvalue weighted by Gasteiger charge is -2.33. The molecule has 1 fully saturated rings. The van der Waals surface area contributed by atoms with Crippen molar-refractivity contribution in [2.24, 2.45) is 5.92 Å². The Bertz CT molecular complexity index is 666. The molecule has 2 aromatic rings. The molecule has 1 N–H and O–H groups in total. The van der Waals surface area contributed by atoms with Crippen LogP contribution >= 0.6 is 11.3 Å². The van der Waals surface area contributed by atoms with Gasteiger partial charge in [0.05, 0.1) is 6.54 Å². The van der Waals surface area contributed by atoms with Crippen LogP contribution in [0.2, 0.25) is 0 Å². The Morgan fingerprint density at radius 3 is 2.67 bits per heavy atom. The number of hydrogen-bond acceptors (Lipinski definition) is 4. The first-order valence-electron chi connectivity index (χ1n) is 9.93. The van der Waals surface area contributed by atoms with E-state index in [0.717, 1.165) is 45.1 Å². The monoisotopic (exact) mass is 385 g/mol. The maximum atomic E-state index is 12.1. The molecule has 1 aliphatic rings. The van der Waals surface area contributed by atoms with E-state index >= 15 is 0 Å². The summed E-state index contributed by atoms with van der Waals surface area (Å²) in [5.74, 6) is 0.892. The predicted octanol–water partition coefficient (Wildman–Crippen LogP) is 3.25. The number of carbonyl (C=O) groups is 1. The summed E-state index contributed by atoms with van der Waals surface area (Å²) >= 11 is 1.75. The fraction of sp³-hybridized carbons (Fsp3) is 0.500. The summed E-state index contributed by atoms with van der Waals surface area (Å²) in [6, 6.07) is 14.8. The highest BCUT2D eigenvalue weighted by molar-refractivity contribution is 7.09. The molecule has 0 saturated carbocycles. The molecule has 1 aliphatic heterocycles. The number of nitrogens with zero attached hydrogens (tertiary/aromatic N) is 2. The van der Waals surface area contributed by atoms with Crippen LogP contribution in [0.4, 0.5) is 0 Å². The number of amides is 1. The summed E-state index contributed by atoms with van der Waals surface area (Å²) in [5, 5.41) is 5.14. The molecule has 1 amide bonds. The minimum atomic E-state index is 0.159. The van der Waals surface area contributed by atoms with Crippen LogP contribution < -0.4 is 5.32 Å². The Morgan fingerprint density at radius 1 is 1.19 bits per heavy atom. The topological polar surface area (TPSA) is 35.6 Å². The van der Waals surface area contributed by atoms with Crippen molar-refractivity contribution in [3.63, 3.8) is 0 Å². The number of hydrogen-bond donors (Lipinski definition) is 1. The molecule has 0 unspecified atom stereocenters. The van der Waals surface area contributed by atoms with Crippen LogP contribution in [0.3, 0.4) is 0 Å². The van der Waals surface area contributed by atoms with E-state index in [4.69, 9.17) is 0 Å². The van der Waals surface area contributed by atoms with Gasteiger partial charge in [0.15, 0.2) is 0 Å². The summed E-state index contributed by atoms with van der Waals surface area (Å²) in [5.41, 5.74) is 1.37. The third-order valence-corrected chi connectivity index (χ3v) is 6.15. The van der Waals surface area contributed by atoms with E-state index in [-0.39, 0.29) is 5.91 Å². The van der Waals surface area contributed by atoms with Gasteiger partial charge in [0.2, 0.25) is 5.91 Å². The highest BCUT2D eigenvalue weighted by Gasteiger charge is 2.21. The number of nitrogens with one attached hydrogen (secondary N) is 1. The molecular formula is C22H31N3OS. The van der Waals surface area contributed by atoms with Crippen molar-refractivity contribution in [3.05, 3.63) is 58.3 Å². The molecule has 2 heterocycles. The third-order valence-electron chi connectivity index (χ3n) is 5.21. The van der Waals surface area contributed by atoms with E-state index in [1.807, 2.05) is 0 Å². The fourth-order valence-electron chi connectivity index (χ4n) is 3.77. The zero-order chi connectivity index (χ0) is 18.9. The lowest BCUT2D eigenvalue weighted by Crippen LogP contribution is -2.43. The van der Waals surface area contributed by atoms with Crippen LogP contribution in [-0.2, 0) is 17.8 Å². The van der Waals surface area contributed by atoms with E-state index in [1.54, 1.807) is 11.3 Å². The first kappa shape index (κ1) is 20.1. The molecule has 27 heavy (non-hydrogen) atoms. The van der Waals surface area contributed by atoms with Crippen LogP contribution in [-0.4, -0.2) is 55.5 Å². The molecule has 0 spiro atoms. The van der Waals surface area contributed by atoms with E-state index in [0.29, 0.717) is 6.54 Å². The molecule has 5 heteroatoms. The van der Waals surface area contributed by atoms with Gasteiger partial charge < -0.3 is 10.2 Å².